The number of carbonyl (C=O) groups is 3. The fourth-order valence-electron chi connectivity index (χ4n) is 2.34. The third-order valence-electron chi connectivity index (χ3n) is 3.87. The second-order valence-electron chi connectivity index (χ2n) is 5.25. The number of imide groups is 1. The van der Waals surface area contributed by atoms with Crippen LogP contribution in [-0.2, 0) is 9.59 Å². The van der Waals surface area contributed by atoms with Crippen LogP contribution in [0.3, 0.4) is 0 Å². The van der Waals surface area contributed by atoms with E-state index >= 15 is 0 Å². The topological polar surface area (TPSA) is 87.3 Å². The van der Waals surface area contributed by atoms with Gasteiger partial charge in [0.1, 0.15) is 0 Å². The van der Waals surface area contributed by atoms with Crippen LogP contribution in [0.4, 0.5) is 5.69 Å². The van der Waals surface area contributed by atoms with Crippen LogP contribution in [0.25, 0.3) is 10.8 Å². The van der Waals surface area contributed by atoms with Gasteiger partial charge in [0.2, 0.25) is 6.41 Å². The van der Waals surface area contributed by atoms with Gasteiger partial charge in [0.25, 0.3) is 11.8 Å². The van der Waals surface area contributed by atoms with Crippen LogP contribution in [0.15, 0.2) is 47.7 Å². The summed E-state index contributed by atoms with van der Waals surface area (Å²) in [5.74, 6) is -0.362. The van der Waals surface area contributed by atoms with E-state index in [4.69, 9.17) is 0 Å². The molecule has 0 saturated heterocycles. The first-order valence-electron chi connectivity index (χ1n) is 7.42. The van der Waals surface area contributed by atoms with E-state index in [0.29, 0.717) is 12.0 Å². The van der Waals surface area contributed by atoms with Crippen LogP contribution in [0.1, 0.15) is 24.2 Å². The highest BCUT2D eigenvalue weighted by Gasteiger charge is 2.19. The maximum absolute atomic E-state index is 11.4. The van der Waals surface area contributed by atoms with Gasteiger partial charge < -0.3 is 10.6 Å². The molecule has 0 radical (unpaired) electrons. The van der Waals surface area contributed by atoms with E-state index in [-0.39, 0.29) is 11.8 Å². The third kappa shape index (κ3) is 3.43. The van der Waals surface area contributed by atoms with Crippen LogP contribution in [0.5, 0.6) is 0 Å². The van der Waals surface area contributed by atoms with E-state index < -0.39 is 0 Å². The summed E-state index contributed by atoms with van der Waals surface area (Å²) in [5, 5.41) is 9.85. The first-order valence-corrected chi connectivity index (χ1v) is 7.42. The molecule has 0 unspecified atom stereocenters. The van der Waals surface area contributed by atoms with Gasteiger partial charge in [0.05, 0.1) is 0 Å². The molecule has 0 saturated carbocycles. The molecule has 1 aliphatic rings. The van der Waals surface area contributed by atoms with Crippen LogP contribution >= 0.6 is 0 Å². The summed E-state index contributed by atoms with van der Waals surface area (Å²) >= 11 is 0. The Morgan fingerprint density at radius 3 is 2.42 bits per heavy atom. The van der Waals surface area contributed by atoms with Crippen LogP contribution in [0, 0.1) is 0 Å². The number of allylic oxidation sites excluding steroid dienone is 1. The van der Waals surface area contributed by atoms with Crippen molar-refractivity contribution in [1.82, 2.24) is 10.6 Å². The molecule has 0 bridgehead atoms. The van der Waals surface area contributed by atoms with Gasteiger partial charge >= 0.3 is 0 Å². The van der Waals surface area contributed by atoms with Crippen molar-refractivity contribution in [3.63, 3.8) is 0 Å². The Hall–Kier alpha value is -3.15. The molecule has 0 spiro atoms. The third-order valence-corrected chi connectivity index (χ3v) is 3.87. The predicted molar refractivity (Wildman–Crippen MR) is 93.5 cm³/mol. The lowest BCUT2D eigenvalue weighted by atomic mass is 10.1. The minimum absolute atomic E-state index is 0.00630. The van der Waals surface area contributed by atoms with Crippen molar-refractivity contribution in [3.8, 4) is 0 Å². The molecule has 0 fully saturated rings. The lowest BCUT2D eigenvalue weighted by Gasteiger charge is -2.03. The number of anilines is 1. The van der Waals surface area contributed by atoms with Gasteiger partial charge in [-0.05, 0) is 31.4 Å². The molecular formula is C18H19N3O3. The zero-order valence-electron chi connectivity index (χ0n) is 13.8. The Morgan fingerprint density at radius 2 is 1.79 bits per heavy atom. The quantitative estimate of drug-likeness (QED) is 0.596. The fourth-order valence-corrected chi connectivity index (χ4v) is 2.34. The highest BCUT2D eigenvalue weighted by Crippen LogP contribution is 2.32. The molecule has 2 aromatic rings. The number of carbonyl (C=O) groups excluding carboxylic acids is 3. The molecule has 3 amide bonds. The van der Waals surface area contributed by atoms with Gasteiger partial charge in [-0.1, -0.05) is 24.3 Å². The summed E-state index contributed by atoms with van der Waals surface area (Å²) in [5.41, 5.74) is 2.98. The summed E-state index contributed by atoms with van der Waals surface area (Å²) in [7, 11) is 1.72. The van der Waals surface area contributed by atoms with Crippen molar-refractivity contribution in [3.05, 3.63) is 53.2 Å². The Kier molecular flexibility index (Phi) is 5.31. The predicted octanol–water partition coefficient (Wildman–Crippen LogP) is 2.18. The second kappa shape index (κ2) is 7.41. The van der Waals surface area contributed by atoms with Gasteiger partial charge in [-0.25, -0.2) is 0 Å². The number of amides is 3. The molecule has 124 valence electrons. The summed E-state index contributed by atoms with van der Waals surface area (Å²) < 4.78 is 0. The van der Waals surface area contributed by atoms with Crippen LogP contribution < -0.4 is 16.0 Å². The van der Waals surface area contributed by atoms with E-state index in [2.05, 4.69) is 10.6 Å². The molecule has 0 aliphatic carbocycles. The first-order chi connectivity index (χ1) is 11.5. The standard InChI is InChI=1S/C11H7NO.C7H12N2O2/c13-11-8-5-1-3-7-4-2-6-9(12-11)10(7)8;1-5(6(2)8-3)7(11)9-4-10/h1-6H,(H,12,13);4,8H,1-3H3,(H,9,10,11). The molecule has 1 aliphatic heterocycles. The minimum Gasteiger partial charge on any atom is -0.391 e. The number of nitrogens with one attached hydrogen (secondary N) is 3. The maximum atomic E-state index is 11.4. The molecule has 3 rings (SSSR count). The average molecular weight is 325 g/mol. The Bertz CT molecular complexity index is 835. The first kappa shape index (κ1) is 17.2. The molecule has 1 heterocycles. The zero-order valence-corrected chi connectivity index (χ0v) is 13.8. The van der Waals surface area contributed by atoms with E-state index in [1.165, 1.54) is 0 Å². The molecule has 0 atom stereocenters. The summed E-state index contributed by atoms with van der Waals surface area (Å²) in [4.78, 5) is 32.2. The van der Waals surface area contributed by atoms with E-state index in [9.17, 15) is 14.4 Å². The Morgan fingerprint density at radius 1 is 1.12 bits per heavy atom. The highest BCUT2D eigenvalue weighted by atomic mass is 16.2. The van der Waals surface area contributed by atoms with Crippen LogP contribution in [0.2, 0.25) is 0 Å². The lowest BCUT2D eigenvalue weighted by Crippen LogP contribution is -2.24. The van der Waals surface area contributed by atoms with Crippen molar-refractivity contribution >= 4 is 34.7 Å². The highest BCUT2D eigenvalue weighted by molar-refractivity contribution is 6.23. The smallest absolute Gasteiger partial charge is 0.256 e. The number of hydrogen-bond acceptors (Lipinski definition) is 4. The Labute approximate surface area is 139 Å². The average Bonchev–Trinajstić information content (AvgIpc) is 2.92. The zero-order chi connectivity index (χ0) is 17.7. The summed E-state index contributed by atoms with van der Waals surface area (Å²) in [6.45, 7) is 3.41. The molecule has 24 heavy (non-hydrogen) atoms. The number of benzene rings is 2. The van der Waals surface area contributed by atoms with Crippen LogP contribution in [-0.4, -0.2) is 25.3 Å². The Balaban J connectivity index is 0.000000178. The maximum Gasteiger partial charge on any atom is 0.256 e. The molecular weight excluding hydrogens is 306 g/mol. The molecule has 6 nitrogen and oxygen atoms in total. The van der Waals surface area contributed by atoms with Gasteiger partial charge in [-0.3, -0.25) is 19.7 Å². The summed E-state index contributed by atoms with van der Waals surface area (Å²) in [6.07, 6.45) is 0.370. The van der Waals surface area contributed by atoms with Gasteiger partial charge in [0, 0.05) is 35.0 Å². The molecule has 0 aromatic heterocycles. The lowest BCUT2D eigenvalue weighted by molar-refractivity contribution is -0.122. The van der Waals surface area contributed by atoms with Gasteiger partial charge in [-0.15, -0.1) is 0 Å². The second-order valence-corrected chi connectivity index (χ2v) is 5.25. The molecule has 6 heteroatoms. The van der Waals surface area contributed by atoms with Crippen molar-refractivity contribution in [1.29, 1.82) is 0 Å². The monoisotopic (exact) mass is 325 g/mol. The minimum atomic E-state index is -0.369. The number of hydrogen-bond donors (Lipinski definition) is 3. The van der Waals surface area contributed by atoms with E-state index in [1.807, 2.05) is 41.7 Å². The largest absolute Gasteiger partial charge is 0.391 e. The van der Waals surface area contributed by atoms with Crippen molar-refractivity contribution in [2.75, 3.05) is 12.4 Å². The SMILES string of the molecule is CNC(C)=C(C)C(=O)NC=O.O=C1Nc2cccc3cccc1c23. The van der Waals surface area contributed by atoms with Gasteiger partial charge in [0.15, 0.2) is 0 Å². The van der Waals surface area contributed by atoms with Crippen molar-refractivity contribution < 1.29 is 14.4 Å². The van der Waals surface area contributed by atoms with E-state index in [1.54, 1.807) is 20.9 Å². The molecule has 3 N–H and O–H groups in total. The fraction of sp³-hybridized carbons (Fsp3) is 0.167. The number of rotatable bonds is 3. The normalized spacial score (nSPS) is 12.5. The van der Waals surface area contributed by atoms with E-state index in [0.717, 1.165) is 27.7 Å². The summed E-state index contributed by atoms with van der Waals surface area (Å²) in [6, 6.07) is 11.7. The van der Waals surface area contributed by atoms with Gasteiger partial charge in [-0.2, -0.15) is 0 Å². The van der Waals surface area contributed by atoms with Crippen molar-refractivity contribution in [2.24, 2.45) is 0 Å². The van der Waals surface area contributed by atoms with Crippen molar-refractivity contribution in [2.45, 2.75) is 13.8 Å². The molecule has 2 aromatic carbocycles.